The minimum absolute atomic E-state index is 0. The molecule has 0 amide bonds. The zero-order chi connectivity index (χ0) is 16.9. The number of halogens is 1. The number of nitrogens with one attached hydrogen (secondary N) is 1. The summed E-state index contributed by atoms with van der Waals surface area (Å²) >= 11 is 0. The van der Waals surface area contributed by atoms with Gasteiger partial charge < -0.3 is 9.88 Å². The lowest BCUT2D eigenvalue weighted by atomic mass is 9.88. The minimum Gasteiger partial charge on any atom is -0.339 e. The van der Waals surface area contributed by atoms with E-state index in [9.17, 15) is 8.42 Å². The summed E-state index contributed by atoms with van der Waals surface area (Å²) in [5.41, 5.74) is 2.24. The summed E-state index contributed by atoms with van der Waals surface area (Å²) in [6.07, 6.45) is 3.12. The molecule has 25 heavy (non-hydrogen) atoms. The Balaban J connectivity index is 0.00000182. The molecule has 136 valence electrons. The second-order valence-electron chi connectivity index (χ2n) is 6.84. The SMILES string of the molecule is Cc1ccccc1[C@@H]1[C@H]2CNC[C@H]2CN1S(=O)(=O)c1cn(C)cn1.Cl. The van der Waals surface area contributed by atoms with E-state index in [0.29, 0.717) is 18.4 Å². The molecule has 0 spiro atoms. The van der Waals surface area contributed by atoms with Crippen molar-refractivity contribution >= 4 is 22.4 Å². The first-order chi connectivity index (χ1) is 11.5. The molecule has 2 saturated heterocycles. The van der Waals surface area contributed by atoms with Crippen LogP contribution in [-0.2, 0) is 17.1 Å². The highest BCUT2D eigenvalue weighted by molar-refractivity contribution is 7.89. The third kappa shape index (κ3) is 2.99. The zero-order valence-electron chi connectivity index (χ0n) is 14.3. The van der Waals surface area contributed by atoms with Gasteiger partial charge in [-0.05, 0) is 36.4 Å². The van der Waals surface area contributed by atoms with E-state index in [1.807, 2.05) is 12.1 Å². The standard InChI is InChI=1S/C17H22N4O2S.ClH/c1-12-5-3-4-6-14(12)17-15-8-18-7-13(15)9-21(17)24(22,23)16-10-20(2)11-19-16;/h3-6,10-11,13,15,17-18H,7-9H2,1-2H3;1H/t13-,15-,17+;/m0./s1. The first-order valence-corrected chi connectivity index (χ1v) is 9.68. The summed E-state index contributed by atoms with van der Waals surface area (Å²) in [5, 5.41) is 3.55. The fraction of sp³-hybridized carbons (Fsp3) is 0.471. The monoisotopic (exact) mass is 382 g/mol. The van der Waals surface area contributed by atoms with Crippen LogP contribution in [0.4, 0.5) is 0 Å². The van der Waals surface area contributed by atoms with E-state index < -0.39 is 10.0 Å². The molecule has 0 radical (unpaired) electrons. The Morgan fingerprint density at radius 2 is 2.00 bits per heavy atom. The third-order valence-corrected chi connectivity index (χ3v) is 7.02. The summed E-state index contributed by atoms with van der Waals surface area (Å²) in [6.45, 7) is 4.34. The van der Waals surface area contributed by atoms with Gasteiger partial charge in [0.05, 0.1) is 12.4 Å². The summed E-state index contributed by atoms with van der Waals surface area (Å²) in [4.78, 5) is 4.09. The molecular weight excluding hydrogens is 360 g/mol. The van der Waals surface area contributed by atoms with Gasteiger partial charge in [-0.15, -0.1) is 12.4 Å². The van der Waals surface area contributed by atoms with Crippen molar-refractivity contribution in [2.75, 3.05) is 19.6 Å². The third-order valence-electron chi connectivity index (χ3n) is 5.28. The Bertz CT molecular complexity index is 867. The molecule has 6 nitrogen and oxygen atoms in total. The van der Waals surface area contributed by atoms with Crippen LogP contribution in [0.1, 0.15) is 17.2 Å². The number of benzene rings is 1. The predicted molar refractivity (Wildman–Crippen MR) is 98.1 cm³/mol. The molecule has 1 aromatic carbocycles. The zero-order valence-corrected chi connectivity index (χ0v) is 15.9. The molecule has 1 N–H and O–H groups in total. The Hall–Kier alpha value is -1.41. The van der Waals surface area contributed by atoms with Crippen LogP contribution in [0.2, 0.25) is 0 Å². The molecule has 3 atom stereocenters. The Kier molecular flexibility index (Phi) is 4.94. The van der Waals surface area contributed by atoms with Gasteiger partial charge in [0, 0.05) is 26.3 Å². The van der Waals surface area contributed by atoms with Crippen LogP contribution in [-0.4, -0.2) is 41.9 Å². The number of hydrogen-bond donors (Lipinski definition) is 1. The average molecular weight is 383 g/mol. The molecule has 0 aliphatic carbocycles. The van der Waals surface area contributed by atoms with Gasteiger partial charge in [0.2, 0.25) is 0 Å². The van der Waals surface area contributed by atoms with E-state index in [1.165, 1.54) is 6.33 Å². The predicted octanol–water partition coefficient (Wildman–Crippen LogP) is 1.73. The highest BCUT2D eigenvalue weighted by atomic mass is 35.5. The van der Waals surface area contributed by atoms with E-state index >= 15 is 0 Å². The van der Waals surface area contributed by atoms with Crippen molar-refractivity contribution in [2.45, 2.75) is 18.0 Å². The van der Waals surface area contributed by atoms with Crippen LogP contribution in [0.15, 0.2) is 41.8 Å². The molecule has 2 fully saturated rings. The maximum atomic E-state index is 13.2. The van der Waals surface area contributed by atoms with Crippen molar-refractivity contribution in [3.8, 4) is 0 Å². The molecule has 8 heteroatoms. The lowest BCUT2D eigenvalue weighted by Gasteiger charge is -2.28. The molecule has 0 bridgehead atoms. The highest BCUT2D eigenvalue weighted by Gasteiger charge is 2.50. The van der Waals surface area contributed by atoms with Gasteiger partial charge in [-0.1, -0.05) is 24.3 Å². The lowest BCUT2D eigenvalue weighted by Crippen LogP contribution is -2.35. The number of rotatable bonds is 3. The van der Waals surface area contributed by atoms with Crippen LogP contribution in [0.3, 0.4) is 0 Å². The smallest absolute Gasteiger partial charge is 0.262 e. The highest BCUT2D eigenvalue weighted by Crippen LogP contribution is 2.45. The first kappa shape index (κ1) is 18.4. The van der Waals surface area contributed by atoms with Crippen LogP contribution in [0.5, 0.6) is 0 Å². The van der Waals surface area contributed by atoms with E-state index in [0.717, 1.165) is 24.2 Å². The van der Waals surface area contributed by atoms with Gasteiger partial charge in [0.25, 0.3) is 10.0 Å². The normalized spacial score (nSPS) is 26.4. The van der Waals surface area contributed by atoms with E-state index in [2.05, 4.69) is 29.4 Å². The summed E-state index contributed by atoms with van der Waals surface area (Å²) in [7, 11) is -1.82. The van der Waals surface area contributed by atoms with Crippen LogP contribution in [0, 0.1) is 18.8 Å². The maximum absolute atomic E-state index is 13.2. The average Bonchev–Trinajstić information content (AvgIpc) is 3.23. The molecule has 2 aromatic rings. The van der Waals surface area contributed by atoms with Crippen molar-refractivity contribution in [3.05, 3.63) is 47.9 Å². The number of imidazole rings is 1. The Morgan fingerprint density at radius 1 is 1.24 bits per heavy atom. The fourth-order valence-corrected chi connectivity index (χ4v) is 5.75. The van der Waals surface area contributed by atoms with Crippen molar-refractivity contribution < 1.29 is 8.42 Å². The lowest BCUT2D eigenvalue weighted by molar-refractivity contribution is 0.343. The van der Waals surface area contributed by atoms with Crippen molar-refractivity contribution in [1.29, 1.82) is 0 Å². The van der Waals surface area contributed by atoms with Crippen molar-refractivity contribution in [1.82, 2.24) is 19.2 Å². The Morgan fingerprint density at radius 3 is 2.68 bits per heavy atom. The molecule has 4 rings (SSSR count). The minimum atomic E-state index is -3.60. The van der Waals surface area contributed by atoms with E-state index in [4.69, 9.17) is 0 Å². The quantitative estimate of drug-likeness (QED) is 0.877. The molecule has 2 aliphatic heterocycles. The van der Waals surface area contributed by atoms with Gasteiger partial charge in [-0.25, -0.2) is 13.4 Å². The van der Waals surface area contributed by atoms with Crippen LogP contribution < -0.4 is 5.32 Å². The van der Waals surface area contributed by atoms with E-state index in [-0.39, 0.29) is 23.5 Å². The molecule has 0 saturated carbocycles. The number of hydrogen-bond acceptors (Lipinski definition) is 4. The van der Waals surface area contributed by atoms with Crippen LogP contribution >= 0.6 is 12.4 Å². The van der Waals surface area contributed by atoms with Gasteiger partial charge >= 0.3 is 0 Å². The molecule has 2 aliphatic rings. The molecule has 1 aromatic heterocycles. The molecule has 3 heterocycles. The fourth-order valence-electron chi connectivity index (χ4n) is 4.08. The van der Waals surface area contributed by atoms with Gasteiger partial charge in [0.1, 0.15) is 0 Å². The van der Waals surface area contributed by atoms with Crippen molar-refractivity contribution in [2.24, 2.45) is 18.9 Å². The number of fused-ring (bicyclic) bond motifs is 1. The van der Waals surface area contributed by atoms with Gasteiger partial charge in [-0.2, -0.15) is 4.31 Å². The number of nitrogens with zero attached hydrogens (tertiary/aromatic N) is 3. The number of sulfonamides is 1. The van der Waals surface area contributed by atoms with E-state index in [1.54, 1.807) is 22.1 Å². The number of aryl methyl sites for hydroxylation is 2. The summed E-state index contributed by atoms with van der Waals surface area (Å²) in [5.74, 6) is 0.665. The van der Waals surface area contributed by atoms with Gasteiger partial charge in [0.15, 0.2) is 5.03 Å². The maximum Gasteiger partial charge on any atom is 0.262 e. The molecular formula is C17H23ClN4O2S. The number of aromatic nitrogens is 2. The second-order valence-corrected chi connectivity index (χ2v) is 8.67. The largest absolute Gasteiger partial charge is 0.339 e. The summed E-state index contributed by atoms with van der Waals surface area (Å²) in [6, 6.07) is 7.97. The topological polar surface area (TPSA) is 67.2 Å². The van der Waals surface area contributed by atoms with Crippen molar-refractivity contribution in [3.63, 3.8) is 0 Å². The van der Waals surface area contributed by atoms with Crippen LogP contribution in [0.25, 0.3) is 0 Å². The summed E-state index contributed by atoms with van der Waals surface area (Å²) < 4.78 is 29.8. The molecule has 0 unspecified atom stereocenters. The first-order valence-electron chi connectivity index (χ1n) is 8.24. The second kappa shape index (κ2) is 6.72. The Labute approximate surface area is 154 Å². The van der Waals surface area contributed by atoms with Gasteiger partial charge in [-0.3, -0.25) is 0 Å².